The van der Waals surface area contributed by atoms with Gasteiger partial charge in [0, 0.05) is 47.0 Å². The van der Waals surface area contributed by atoms with Gasteiger partial charge in [-0.05, 0) is 149 Å². The van der Waals surface area contributed by atoms with Crippen molar-refractivity contribution in [3.05, 3.63) is 308 Å². The number of halogens is 4. The average Bonchev–Trinajstić information content (AvgIpc) is 3.69. The number of hydrogen-bond donors (Lipinski definition) is 3. The van der Waals surface area contributed by atoms with Gasteiger partial charge in [0.25, 0.3) is 0 Å². The summed E-state index contributed by atoms with van der Waals surface area (Å²) in [5.74, 6) is 0.0520. The van der Waals surface area contributed by atoms with Crippen molar-refractivity contribution in [2.24, 2.45) is 0 Å². The first-order chi connectivity index (χ1) is 38.7. The summed E-state index contributed by atoms with van der Waals surface area (Å²) in [4.78, 5) is 13.3. The third-order valence-electron chi connectivity index (χ3n) is 11.2. The van der Waals surface area contributed by atoms with Crippen molar-refractivity contribution in [3.8, 4) is 0 Å². The van der Waals surface area contributed by atoms with Crippen molar-refractivity contribution in [1.82, 2.24) is 10.2 Å². The summed E-state index contributed by atoms with van der Waals surface area (Å²) in [6.45, 7) is 6.50. The highest BCUT2D eigenvalue weighted by atomic mass is 35.5. The second kappa shape index (κ2) is 34.0. The molecule has 8 rings (SSSR count). The smallest absolute Gasteiger partial charge is 0.160 e. The van der Waals surface area contributed by atoms with E-state index in [0.717, 1.165) is 39.0 Å². The molecule has 0 saturated heterocycles. The summed E-state index contributed by atoms with van der Waals surface area (Å²) < 4.78 is 39.4. The molecule has 0 saturated carbocycles. The van der Waals surface area contributed by atoms with Crippen LogP contribution in [0.3, 0.4) is 0 Å². The quantitative estimate of drug-likeness (QED) is 0.0481. The minimum atomic E-state index is -1.70. The van der Waals surface area contributed by atoms with E-state index in [1.54, 1.807) is 62.3 Å². The zero-order valence-electron chi connectivity index (χ0n) is 48.4. The van der Waals surface area contributed by atoms with E-state index in [-0.39, 0.29) is 31.6 Å². The van der Waals surface area contributed by atoms with Crippen molar-refractivity contribution in [1.29, 1.82) is 0 Å². The predicted molar refractivity (Wildman–Crippen MR) is 333 cm³/mol. The summed E-state index contributed by atoms with van der Waals surface area (Å²) in [6, 6.07) is 69.1. The number of aliphatic hydroxyl groups excluding tert-OH is 2. The molecule has 8 aromatic carbocycles. The van der Waals surface area contributed by atoms with E-state index in [2.05, 4.69) is 18.5 Å². The zero-order chi connectivity index (χ0) is 59.0. The van der Waals surface area contributed by atoms with Gasteiger partial charge in [0.15, 0.2) is 5.78 Å². The molecule has 0 spiro atoms. The predicted octanol–water partition coefficient (Wildman–Crippen LogP) is 17.0. The molecule has 2 atom stereocenters. The third-order valence-corrected chi connectivity index (χ3v) is 11.9. The summed E-state index contributed by atoms with van der Waals surface area (Å²) in [5, 5.41) is 26.2. The first-order valence-electron chi connectivity index (χ1n) is 27.1. The molecule has 0 aliphatic rings. The molecule has 0 radical (unpaired) electrons. The van der Waals surface area contributed by atoms with Gasteiger partial charge in [0.2, 0.25) is 0 Å². The first kappa shape index (κ1) is 54.9. The molecular formula is C68H68Cl4N2O3. The van der Waals surface area contributed by atoms with Crippen LogP contribution in [0, 0.1) is 0 Å². The monoisotopic (exact) mass is 1110 g/mol. The molecule has 0 fully saturated rings. The molecule has 0 aromatic heterocycles. The van der Waals surface area contributed by atoms with Gasteiger partial charge in [-0.2, -0.15) is 0 Å². The SMILES string of the molecule is CC(=O)/C(=C/c1ccc(Cl)cc1)c1ccccc1.Cl.[2H]C([2H])(NC)c1ccccc1.[2H]C([2H])(c1ccccc1)N(C)CC(=C)C(O)/C(=C\c1ccc(Cl)cc1)c1ccccc1.[2H]CC(=C)C(O)/C(=C\c1ccc(Cl)cc1)c1ccccc1. The molecule has 8 aromatic rings. The largest absolute Gasteiger partial charge is 0.384 e. The van der Waals surface area contributed by atoms with Gasteiger partial charge in [-0.1, -0.05) is 236 Å². The Balaban J connectivity index is 0.000000248. The Bertz CT molecular complexity index is 3320. The van der Waals surface area contributed by atoms with Crippen molar-refractivity contribution < 1.29 is 21.9 Å². The number of Topliss-reactive ketones (excluding diaryl/α,β-unsaturated/α-hetero) is 1. The highest BCUT2D eigenvalue weighted by Crippen LogP contribution is 2.28. The summed E-state index contributed by atoms with van der Waals surface area (Å²) in [7, 11) is 3.29. The lowest BCUT2D eigenvalue weighted by molar-refractivity contribution is -0.111. The average molecular weight is 1110 g/mol. The van der Waals surface area contributed by atoms with Gasteiger partial charge in [-0.15, -0.1) is 12.4 Å². The fourth-order valence-electron chi connectivity index (χ4n) is 7.38. The number of hydrogen-bond acceptors (Lipinski definition) is 5. The van der Waals surface area contributed by atoms with Gasteiger partial charge >= 0.3 is 0 Å². The molecule has 0 aliphatic heterocycles. The van der Waals surface area contributed by atoms with Crippen LogP contribution in [0.2, 0.25) is 15.1 Å². The van der Waals surface area contributed by atoms with Crippen molar-refractivity contribution in [2.45, 2.75) is 39.0 Å². The van der Waals surface area contributed by atoms with E-state index in [4.69, 9.17) is 41.7 Å². The Morgan fingerprint density at radius 2 is 0.909 bits per heavy atom. The number of likely N-dealkylation sites (N-methyl/N-ethyl adjacent to an activating group) is 1. The maximum atomic E-state index is 11.7. The van der Waals surface area contributed by atoms with Crippen molar-refractivity contribution in [2.75, 3.05) is 20.6 Å². The van der Waals surface area contributed by atoms with Crippen LogP contribution in [-0.2, 0) is 17.8 Å². The van der Waals surface area contributed by atoms with Gasteiger partial charge in [0.05, 0.1) is 0 Å². The molecule has 9 heteroatoms. The molecule has 2 unspecified atom stereocenters. The Hall–Kier alpha value is -6.87. The van der Waals surface area contributed by atoms with E-state index >= 15 is 0 Å². The molecular weight excluding hydrogens is 1030 g/mol. The van der Waals surface area contributed by atoms with Crippen molar-refractivity contribution >= 4 is 87.9 Å². The van der Waals surface area contributed by atoms with Crippen molar-refractivity contribution in [3.63, 3.8) is 0 Å². The number of rotatable bonds is 17. The van der Waals surface area contributed by atoms with Crippen LogP contribution in [0.5, 0.6) is 0 Å². The lowest BCUT2D eigenvalue weighted by Crippen LogP contribution is -2.26. The van der Waals surface area contributed by atoms with Crippen LogP contribution in [0.15, 0.2) is 249 Å². The van der Waals surface area contributed by atoms with Gasteiger partial charge in [-0.3, -0.25) is 9.69 Å². The molecule has 0 heterocycles. The molecule has 5 nitrogen and oxygen atoms in total. The van der Waals surface area contributed by atoms with Crippen LogP contribution >= 0.6 is 47.2 Å². The highest BCUT2D eigenvalue weighted by molar-refractivity contribution is 6.31. The summed E-state index contributed by atoms with van der Waals surface area (Å²) in [6.07, 6.45) is 3.87. The van der Waals surface area contributed by atoms with Gasteiger partial charge in [-0.25, -0.2) is 0 Å². The van der Waals surface area contributed by atoms with Crippen LogP contribution in [-0.4, -0.2) is 53.7 Å². The number of allylic oxidation sites excluding steroid dienone is 1. The number of benzene rings is 8. The summed E-state index contributed by atoms with van der Waals surface area (Å²) >= 11 is 17.7. The van der Waals surface area contributed by atoms with Crippen LogP contribution < -0.4 is 5.32 Å². The number of carbonyl (C=O) groups is 1. The number of ketones is 1. The standard InChI is InChI=1S/C26H26ClNO.C18H17ClO.C16H13ClO.C8H11N.ClH/c1-20(18-28(2)19-22-9-5-3-6-10-22)26(29)25(23-11-7-4-8-12-23)17-21-13-15-24(27)16-14-21;1-13(2)18(20)17(15-6-4-3-5-7-15)12-14-8-10-16(19)11-9-14;1-12(18)16(14-5-3-2-4-6-14)11-13-7-9-15(17)10-8-13;1-9-7-8-5-3-2-4-6-8;/h3-17,26,29H,1,18-19H2,2H3;3-12,18,20H,1H2,2H3;2-11H,1H3;2-6,9H,7H2,1H3;1H/b25-17-;17-12-;16-11-;;/i19D2;2D;;7D2;. The Morgan fingerprint density at radius 3 is 1.29 bits per heavy atom. The summed E-state index contributed by atoms with van der Waals surface area (Å²) in [5.41, 5.74) is 9.85. The number of carbonyl (C=O) groups excluding carboxylic acids is 1. The van der Waals surface area contributed by atoms with E-state index in [9.17, 15) is 15.0 Å². The Morgan fingerprint density at radius 1 is 0.558 bits per heavy atom. The molecule has 77 heavy (non-hydrogen) atoms. The molecule has 0 amide bonds. The number of nitrogens with zero attached hydrogens (tertiary/aromatic N) is 1. The molecule has 396 valence electrons. The minimum absolute atomic E-state index is 0. The second-order valence-corrected chi connectivity index (χ2v) is 18.6. The maximum Gasteiger partial charge on any atom is 0.160 e. The van der Waals surface area contributed by atoms with E-state index in [1.165, 1.54) is 0 Å². The fourth-order valence-corrected chi connectivity index (χ4v) is 7.76. The Labute approximate surface area is 485 Å². The normalized spacial score (nSPS) is 13.3. The number of nitrogens with one attached hydrogen (secondary N) is 1. The lowest BCUT2D eigenvalue weighted by atomic mass is 9.93. The maximum absolute atomic E-state index is 11.7. The number of aliphatic hydroxyl groups is 2. The Kier molecular flexibility index (Phi) is 24.3. The molecule has 0 aliphatic carbocycles. The van der Waals surface area contributed by atoms with Gasteiger partial charge < -0.3 is 15.5 Å². The molecule has 3 N–H and O–H groups in total. The minimum Gasteiger partial charge on any atom is -0.384 e. The van der Waals surface area contributed by atoms with E-state index in [0.29, 0.717) is 48.5 Å². The lowest BCUT2D eigenvalue weighted by Gasteiger charge is -2.23. The van der Waals surface area contributed by atoms with Crippen LogP contribution in [0.25, 0.3) is 34.9 Å². The van der Waals surface area contributed by atoms with E-state index in [1.807, 2.05) is 206 Å². The van der Waals surface area contributed by atoms with Crippen LogP contribution in [0.1, 0.15) is 65.2 Å². The topological polar surface area (TPSA) is 72.8 Å². The second-order valence-electron chi connectivity index (χ2n) is 17.3. The van der Waals surface area contributed by atoms with E-state index < -0.39 is 25.2 Å². The fraction of sp³-hybridized carbons (Fsp3) is 0.132. The highest BCUT2D eigenvalue weighted by Gasteiger charge is 2.18. The van der Waals surface area contributed by atoms with Gasteiger partial charge in [0.1, 0.15) is 12.2 Å². The third kappa shape index (κ3) is 22.3. The molecule has 0 bridgehead atoms. The first-order valence-corrected chi connectivity index (χ1v) is 25.5. The zero-order valence-corrected chi connectivity index (χ0v) is 46.5. The van der Waals surface area contributed by atoms with Crippen LogP contribution in [0.4, 0.5) is 0 Å².